The van der Waals surface area contributed by atoms with E-state index < -0.39 is 36.9 Å². The van der Waals surface area contributed by atoms with Gasteiger partial charge in [0.25, 0.3) is 0 Å². The molecule has 0 fully saturated rings. The van der Waals surface area contributed by atoms with E-state index in [9.17, 15) is 25.2 Å². The Hall–Kier alpha value is -1.73. The lowest BCUT2D eigenvalue weighted by Gasteiger charge is -2.27. The third-order valence-corrected chi connectivity index (χ3v) is 12.7. The van der Waals surface area contributed by atoms with Crippen molar-refractivity contribution in [1.29, 1.82) is 0 Å². The Morgan fingerprint density at radius 3 is 1.00 bits per heavy atom. The number of allylic oxidation sites excluding steroid dienone is 8. The molecule has 6 nitrogen and oxygen atoms in total. The number of carbonyl (C=O) groups is 1. The van der Waals surface area contributed by atoms with Crippen LogP contribution in [0.25, 0.3) is 0 Å². The molecule has 0 aliphatic rings. The highest BCUT2D eigenvalue weighted by molar-refractivity contribution is 5.80. The molecule has 0 radical (unpaired) electrons. The van der Waals surface area contributed by atoms with Crippen LogP contribution in [0.5, 0.6) is 0 Å². The summed E-state index contributed by atoms with van der Waals surface area (Å²) < 4.78 is 0. The molecule has 0 aliphatic carbocycles. The van der Waals surface area contributed by atoms with Crippen molar-refractivity contribution in [2.24, 2.45) is 0 Å². The van der Waals surface area contributed by atoms with Crippen molar-refractivity contribution in [1.82, 2.24) is 5.32 Å². The molecule has 63 heavy (non-hydrogen) atoms. The lowest BCUT2D eigenvalue weighted by molar-refractivity contribution is -0.132. The number of nitrogens with one attached hydrogen (secondary N) is 1. The number of aliphatic hydroxyl groups is 4. The highest BCUT2D eigenvalue weighted by Crippen LogP contribution is 2.16. The Morgan fingerprint density at radius 2 is 0.667 bits per heavy atom. The summed E-state index contributed by atoms with van der Waals surface area (Å²) >= 11 is 0. The van der Waals surface area contributed by atoms with Crippen molar-refractivity contribution >= 4 is 5.91 Å². The molecule has 0 saturated carbocycles. The number of unbranched alkanes of at least 4 members (excludes halogenated alkanes) is 33. The van der Waals surface area contributed by atoms with Crippen LogP contribution in [0.1, 0.15) is 277 Å². The Balaban J connectivity index is 3.67. The summed E-state index contributed by atoms with van der Waals surface area (Å²) in [5.74, 6) is -0.598. The first kappa shape index (κ1) is 61.3. The second-order valence-electron chi connectivity index (χ2n) is 18.9. The third kappa shape index (κ3) is 45.2. The normalized spacial score (nSPS) is 14.2. The van der Waals surface area contributed by atoms with Gasteiger partial charge in [-0.15, -0.1) is 0 Å². The van der Waals surface area contributed by atoms with Gasteiger partial charge < -0.3 is 25.7 Å². The predicted octanol–water partition coefficient (Wildman–Crippen LogP) is 15.8. The maximum atomic E-state index is 12.6. The van der Waals surface area contributed by atoms with E-state index in [1.807, 2.05) is 0 Å². The summed E-state index contributed by atoms with van der Waals surface area (Å²) in [6, 6.07) is -1.01. The van der Waals surface area contributed by atoms with Crippen LogP contribution in [0, 0.1) is 0 Å². The minimum atomic E-state index is -1.29. The van der Waals surface area contributed by atoms with Gasteiger partial charge in [-0.05, 0) is 89.9 Å². The van der Waals surface area contributed by atoms with E-state index in [2.05, 4.69) is 67.8 Å². The van der Waals surface area contributed by atoms with Gasteiger partial charge in [-0.3, -0.25) is 4.79 Å². The Kier molecular flexibility index (Phi) is 49.8. The monoisotopic (exact) mass is 886 g/mol. The van der Waals surface area contributed by atoms with Crippen molar-refractivity contribution in [3.63, 3.8) is 0 Å². The zero-order valence-corrected chi connectivity index (χ0v) is 41.8. The minimum absolute atomic E-state index is 0.358. The SMILES string of the molecule is CCCCCCC/C=C/CC/C=C/CC/C=C/CCCC(O)C(O)C(CO)NC(=O)C(O)CCCCCCCCCCCCCCC/C=C\CCCCCCCCCCCCCC. The molecule has 4 atom stereocenters. The smallest absolute Gasteiger partial charge is 0.249 e. The van der Waals surface area contributed by atoms with Crippen molar-refractivity contribution in [2.45, 2.75) is 301 Å². The summed E-state index contributed by atoms with van der Waals surface area (Å²) in [6.07, 6.45) is 64.6. The van der Waals surface area contributed by atoms with Gasteiger partial charge >= 0.3 is 0 Å². The molecule has 0 aromatic rings. The number of hydrogen-bond acceptors (Lipinski definition) is 5. The molecule has 370 valence electrons. The molecule has 0 bridgehead atoms. The summed E-state index contributed by atoms with van der Waals surface area (Å²) in [4.78, 5) is 12.6. The molecule has 0 saturated heterocycles. The average Bonchev–Trinajstić information content (AvgIpc) is 3.29. The van der Waals surface area contributed by atoms with Gasteiger partial charge in [0.2, 0.25) is 5.91 Å². The third-order valence-electron chi connectivity index (χ3n) is 12.7. The van der Waals surface area contributed by atoms with E-state index in [0.717, 1.165) is 51.4 Å². The fourth-order valence-electron chi connectivity index (χ4n) is 8.37. The number of rotatable bonds is 50. The van der Waals surface area contributed by atoms with Crippen LogP contribution in [0.3, 0.4) is 0 Å². The van der Waals surface area contributed by atoms with Crippen molar-refractivity contribution in [2.75, 3.05) is 6.61 Å². The summed E-state index contributed by atoms with van der Waals surface area (Å²) in [5, 5.41) is 43.9. The topological polar surface area (TPSA) is 110 Å². The Labute approximate surface area is 391 Å². The van der Waals surface area contributed by atoms with Gasteiger partial charge in [0, 0.05) is 0 Å². The fourth-order valence-corrected chi connectivity index (χ4v) is 8.37. The molecule has 0 heterocycles. The minimum Gasteiger partial charge on any atom is -0.394 e. The first-order chi connectivity index (χ1) is 31.0. The van der Waals surface area contributed by atoms with E-state index in [4.69, 9.17) is 0 Å². The second kappa shape index (κ2) is 51.3. The van der Waals surface area contributed by atoms with Crippen molar-refractivity contribution < 1.29 is 25.2 Å². The van der Waals surface area contributed by atoms with E-state index in [-0.39, 0.29) is 0 Å². The quantitative estimate of drug-likeness (QED) is 0.0309. The molecule has 5 N–H and O–H groups in total. The standard InChI is InChI=1S/C57H107NO5/c1-3-5-7-9-11-13-15-17-19-21-23-24-25-26-27-28-29-30-31-32-33-35-37-39-41-43-45-47-49-51-55(61)57(63)58-53(52-59)56(62)54(60)50-48-46-44-42-40-38-36-34-22-20-18-16-14-12-10-8-6-4-2/h16,18,26-27,34,36,42,44,53-56,59-62H,3-15,17,19-25,28-33,35,37-41,43,45-52H2,1-2H3,(H,58,63)/b18-16+,27-26-,36-34+,44-42+. The van der Waals surface area contributed by atoms with Crippen LogP contribution >= 0.6 is 0 Å². The summed E-state index contributed by atoms with van der Waals surface area (Å²) in [5.41, 5.74) is 0. The maximum absolute atomic E-state index is 12.6. The first-order valence-electron chi connectivity index (χ1n) is 27.5. The lowest BCUT2D eigenvalue weighted by Crippen LogP contribution is -2.53. The van der Waals surface area contributed by atoms with Gasteiger partial charge in [-0.1, -0.05) is 236 Å². The summed E-state index contributed by atoms with van der Waals surface area (Å²) in [6.45, 7) is 4.04. The number of aliphatic hydroxyl groups excluding tert-OH is 4. The van der Waals surface area contributed by atoms with Crippen LogP contribution in [0.2, 0.25) is 0 Å². The first-order valence-corrected chi connectivity index (χ1v) is 27.5. The van der Waals surface area contributed by atoms with Gasteiger partial charge in [-0.25, -0.2) is 0 Å². The van der Waals surface area contributed by atoms with Gasteiger partial charge in [-0.2, -0.15) is 0 Å². The number of hydrogen-bond donors (Lipinski definition) is 5. The van der Waals surface area contributed by atoms with E-state index in [1.165, 1.54) is 193 Å². The Bertz CT molecular complexity index is 1040. The lowest BCUT2D eigenvalue weighted by atomic mass is 10.00. The van der Waals surface area contributed by atoms with E-state index in [1.54, 1.807) is 0 Å². The molecular formula is C57H107NO5. The summed E-state index contributed by atoms with van der Waals surface area (Å²) in [7, 11) is 0. The average molecular weight is 886 g/mol. The zero-order chi connectivity index (χ0) is 45.9. The van der Waals surface area contributed by atoms with Gasteiger partial charge in [0.15, 0.2) is 0 Å². The van der Waals surface area contributed by atoms with Gasteiger partial charge in [0.1, 0.15) is 12.2 Å². The van der Waals surface area contributed by atoms with Crippen molar-refractivity contribution in [3.8, 4) is 0 Å². The Morgan fingerprint density at radius 1 is 0.381 bits per heavy atom. The van der Waals surface area contributed by atoms with E-state index in [0.29, 0.717) is 19.3 Å². The van der Waals surface area contributed by atoms with Crippen LogP contribution in [-0.2, 0) is 4.79 Å². The molecule has 0 spiro atoms. The molecule has 0 aromatic carbocycles. The van der Waals surface area contributed by atoms with E-state index >= 15 is 0 Å². The van der Waals surface area contributed by atoms with Crippen LogP contribution < -0.4 is 5.32 Å². The maximum Gasteiger partial charge on any atom is 0.249 e. The number of carbonyl (C=O) groups excluding carboxylic acids is 1. The number of amides is 1. The van der Waals surface area contributed by atoms with Gasteiger partial charge in [0.05, 0.1) is 18.8 Å². The molecule has 4 unspecified atom stereocenters. The molecule has 6 heteroatoms. The largest absolute Gasteiger partial charge is 0.394 e. The highest BCUT2D eigenvalue weighted by atomic mass is 16.3. The fraction of sp³-hybridized carbons (Fsp3) is 0.842. The predicted molar refractivity (Wildman–Crippen MR) is 274 cm³/mol. The van der Waals surface area contributed by atoms with Crippen LogP contribution in [-0.4, -0.2) is 57.3 Å². The molecule has 0 aliphatic heterocycles. The van der Waals surface area contributed by atoms with Crippen LogP contribution in [0.4, 0.5) is 0 Å². The second-order valence-corrected chi connectivity index (χ2v) is 18.9. The zero-order valence-electron chi connectivity index (χ0n) is 41.8. The molecule has 1 amide bonds. The molecular weight excluding hydrogens is 779 g/mol. The molecule has 0 rings (SSSR count). The van der Waals surface area contributed by atoms with Crippen LogP contribution in [0.15, 0.2) is 48.6 Å². The molecule has 0 aromatic heterocycles. The highest BCUT2D eigenvalue weighted by Gasteiger charge is 2.28. The van der Waals surface area contributed by atoms with Crippen molar-refractivity contribution in [3.05, 3.63) is 48.6 Å².